The first kappa shape index (κ1) is 27.9. The Morgan fingerprint density at radius 2 is 0.818 bits per heavy atom. The second-order valence-corrected chi connectivity index (χ2v) is 6.44. The van der Waals surface area contributed by atoms with Gasteiger partial charge in [0.1, 0.15) is 0 Å². The molecule has 12 nitrogen and oxygen atoms in total. The second-order valence-electron chi connectivity index (χ2n) is 6.44. The van der Waals surface area contributed by atoms with Crippen molar-refractivity contribution >= 4 is 0 Å². The molecule has 0 amide bonds. The average molecular weight is 472 g/mol. The van der Waals surface area contributed by atoms with Gasteiger partial charge in [-0.05, 0) is 19.3 Å². The van der Waals surface area contributed by atoms with E-state index in [4.69, 9.17) is 28.4 Å². The van der Waals surface area contributed by atoms with Crippen molar-refractivity contribution in [1.29, 1.82) is 0 Å². The van der Waals surface area contributed by atoms with E-state index >= 15 is 0 Å². The monoisotopic (exact) mass is 471 g/mol. The van der Waals surface area contributed by atoms with Crippen LogP contribution >= 0.6 is 0 Å². The van der Waals surface area contributed by atoms with Crippen LogP contribution in [0.4, 0.5) is 0 Å². The quantitative estimate of drug-likeness (QED) is 0.145. The van der Waals surface area contributed by atoms with Crippen LogP contribution in [0.5, 0.6) is 0 Å². The Kier molecular flexibility index (Phi) is 14.8. The molecule has 0 radical (unpaired) electrons. The topological polar surface area (TPSA) is 121 Å². The summed E-state index contributed by atoms with van der Waals surface area (Å²) in [7, 11) is 0. The number of hydrogen-bond acceptors (Lipinski definition) is 9. The highest BCUT2D eigenvalue weighted by Crippen LogP contribution is 1.92. The fourth-order valence-corrected chi connectivity index (χ4v) is 2.70. The Labute approximate surface area is 191 Å². The molecular formula is C21H33N3O9. The Balaban J connectivity index is 2.92. The minimum Gasteiger partial charge on any atom is -0.476 e. The molecule has 0 saturated heterocycles. The summed E-state index contributed by atoms with van der Waals surface area (Å²) in [6.07, 6.45) is 4.87. The van der Waals surface area contributed by atoms with Crippen LogP contribution in [-0.2, 0) is 48.1 Å². The molecule has 0 saturated carbocycles. The van der Waals surface area contributed by atoms with Gasteiger partial charge in [0.15, 0.2) is 20.4 Å². The van der Waals surface area contributed by atoms with Crippen molar-refractivity contribution in [3.63, 3.8) is 0 Å². The van der Waals surface area contributed by atoms with Gasteiger partial charge in [-0.15, -0.1) is 0 Å². The molecule has 0 aliphatic carbocycles. The molecule has 1 rings (SSSR count). The summed E-state index contributed by atoms with van der Waals surface area (Å²) < 4.78 is 33.3. The smallest absolute Gasteiger partial charge is 0.336 e. The average Bonchev–Trinajstić information content (AvgIpc) is 2.81. The van der Waals surface area contributed by atoms with Gasteiger partial charge in [-0.2, -0.15) is 0 Å². The van der Waals surface area contributed by atoms with E-state index in [-0.39, 0.29) is 59.8 Å². The summed E-state index contributed by atoms with van der Waals surface area (Å²) in [4.78, 5) is 38.5. The van der Waals surface area contributed by atoms with Gasteiger partial charge in [0.05, 0.1) is 38.6 Å². The van der Waals surface area contributed by atoms with Gasteiger partial charge >= 0.3 is 17.1 Å². The molecule has 0 N–H and O–H groups in total. The van der Waals surface area contributed by atoms with Gasteiger partial charge < -0.3 is 28.4 Å². The lowest BCUT2D eigenvalue weighted by atomic mass is 10.4. The van der Waals surface area contributed by atoms with Crippen molar-refractivity contribution in [3.8, 4) is 0 Å². The van der Waals surface area contributed by atoms with E-state index in [1.807, 2.05) is 0 Å². The van der Waals surface area contributed by atoms with Crippen LogP contribution in [0.15, 0.2) is 52.9 Å². The summed E-state index contributed by atoms with van der Waals surface area (Å²) in [5.74, 6) is 0. The highest BCUT2D eigenvalue weighted by molar-refractivity contribution is 4.79. The Morgan fingerprint density at radius 3 is 1.06 bits per heavy atom. The highest BCUT2D eigenvalue weighted by Gasteiger charge is 2.15. The van der Waals surface area contributed by atoms with E-state index < -0.39 is 17.1 Å². The third-order valence-electron chi connectivity index (χ3n) is 4.20. The molecule has 0 atom stereocenters. The van der Waals surface area contributed by atoms with Crippen LogP contribution in [0.2, 0.25) is 0 Å². The molecule has 1 heterocycles. The predicted molar refractivity (Wildman–Crippen MR) is 119 cm³/mol. The number of hydrogen-bond donors (Lipinski definition) is 0. The van der Waals surface area contributed by atoms with Gasteiger partial charge in [0, 0.05) is 19.6 Å². The molecule has 186 valence electrons. The molecule has 33 heavy (non-hydrogen) atoms. The zero-order chi connectivity index (χ0) is 24.3. The van der Waals surface area contributed by atoms with Gasteiger partial charge in [-0.25, -0.2) is 28.1 Å². The number of nitrogens with zero attached hydrogens (tertiary/aromatic N) is 3. The normalized spacial score (nSPS) is 10.5. The Morgan fingerprint density at radius 1 is 0.545 bits per heavy atom. The molecule has 0 fully saturated rings. The van der Waals surface area contributed by atoms with Crippen LogP contribution in [0.3, 0.4) is 0 Å². The fourth-order valence-electron chi connectivity index (χ4n) is 2.70. The minimum atomic E-state index is -0.679. The van der Waals surface area contributed by atoms with Crippen molar-refractivity contribution in [2.45, 2.75) is 38.9 Å². The zero-order valence-electron chi connectivity index (χ0n) is 18.9. The molecule has 0 aromatic carbocycles. The van der Waals surface area contributed by atoms with Gasteiger partial charge in [0.25, 0.3) is 0 Å². The molecule has 0 aliphatic rings. The van der Waals surface area contributed by atoms with Crippen molar-refractivity contribution in [3.05, 3.63) is 70.0 Å². The fraction of sp³-hybridized carbons (Fsp3) is 0.571. The van der Waals surface area contributed by atoms with Gasteiger partial charge in [0.2, 0.25) is 0 Å². The predicted octanol–water partition coefficient (Wildman–Crippen LogP) is 0.745. The van der Waals surface area contributed by atoms with Crippen LogP contribution in [0, 0.1) is 0 Å². The minimum absolute atomic E-state index is 0.0211. The molecule has 1 aromatic rings. The van der Waals surface area contributed by atoms with E-state index in [9.17, 15) is 14.4 Å². The third-order valence-corrected chi connectivity index (χ3v) is 4.20. The molecular weight excluding hydrogens is 438 g/mol. The SMILES string of the molecule is C=COCOCCCn1c(=O)n(CCCOCOC=C)c(=O)n(CCCOCOC=C)c1=O. The zero-order valence-corrected chi connectivity index (χ0v) is 18.9. The Hall–Kier alpha value is -3.09. The maximum Gasteiger partial charge on any atom is 0.336 e. The van der Waals surface area contributed by atoms with Crippen LogP contribution < -0.4 is 17.1 Å². The number of ether oxygens (including phenoxy) is 6. The standard InChI is InChI=1S/C21H33N3O9/c1-4-28-16-31-13-7-10-22-19(25)23(11-8-14-32-17-29-5-2)21(27)24(20(22)26)12-9-15-33-18-30-6-3/h4-6H,1-3,7-18H2. The highest BCUT2D eigenvalue weighted by atomic mass is 16.7. The molecule has 0 bridgehead atoms. The first-order valence-electron chi connectivity index (χ1n) is 10.4. The van der Waals surface area contributed by atoms with Crippen molar-refractivity contribution in [2.24, 2.45) is 0 Å². The molecule has 0 aliphatic heterocycles. The number of aromatic nitrogens is 3. The van der Waals surface area contributed by atoms with E-state index in [1.165, 1.54) is 18.8 Å². The van der Waals surface area contributed by atoms with Crippen molar-refractivity contribution in [1.82, 2.24) is 13.7 Å². The molecule has 1 aromatic heterocycles. The maximum atomic E-state index is 12.8. The van der Waals surface area contributed by atoms with E-state index in [0.29, 0.717) is 19.3 Å². The summed E-state index contributed by atoms with van der Waals surface area (Å²) in [6.45, 7) is 11.3. The first-order chi connectivity index (χ1) is 16.1. The van der Waals surface area contributed by atoms with Crippen LogP contribution in [-0.4, -0.2) is 53.9 Å². The van der Waals surface area contributed by atoms with Crippen molar-refractivity contribution < 1.29 is 28.4 Å². The largest absolute Gasteiger partial charge is 0.476 e. The molecule has 12 heteroatoms. The Bertz CT molecular complexity index is 744. The summed E-state index contributed by atoms with van der Waals surface area (Å²) in [6, 6.07) is 0. The molecule has 0 unspecified atom stereocenters. The number of rotatable bonds is 21. The lowest BCUT2D eigenvalue weighted by Crippen LogP contribution is -2.54. The lowest BCUT2D eigenvalue weighted by molar-refractivity contribution is -0.0135. The molecule has 0 spiro atoms. The summed E-state index contributed by atoms with van der Waals surface area (Å²) in [5, 5.41) is 0. The van der Waals surface area contributed by atoms with Crippen LogP contribution in [0.1, 0.15) is 19.3 Å². The van der Waals surface area contributed by atoms with Crippen LogP contribution in [0.25, 0.3) is 0 Å². The summed E-state index contributed by atoms with van der Waals surface area (Å²) in [5.41, 5.74) is -2.04. The lowest BCUT2D eigenvalue weighted by Gasteiger charge is -2.14. The maximum absolute atomic E-state index is 12.8. The van der Waals surface area contributed by atoms with E-state index in [0.717, 1.165) is 13.7 Å². The van der Waals surface area contributed by atoms with Gasteiger partial charge in [-0.3, -0.25) is 0 Å². The van der Waals surface area contributed by atoms with Crippen molar-refractivity contribution in [2.75, 3.05) is 40.2 Å². The van der Waals surface area contributed by atoms with E-state index in [1.54, 1.807) is 0 Å². The first-order valence-corrected chi connectivity index (χ1v) is 10.4. The second kappa shape index (κ2) is 17.5. The van der Waals surface area contributed by atoms with E-state index in [2.05, 4.69) is 19.7 Å². The van der Waals surface area contributed by atoms with Gasteiger partial charge in [-0.1, -0.05) is 19.7 Å². The third kappa shape index (κ3) is 10.4. The summed E-state index contributed by atoms with van der Waals surface area (Å²) >= 11 is 0.